The summed E-state index contributed by atoms with van der Waals surface area (Å²) in [6.45, 7) is 4.05. The molecule has 0 atom stereocenters. The summed E-state index contributed by atoms with van der Waals surface area (Å²) >= 11 is 0. The Morgan fingerprint density at radius 2 is 1.87 bits per heavy atom. The van der Waals surface area contributed by atoms with E-state index in [2.05, 4.69) is 15.1 Å². The van der Waals surface area contributed by atoms with E-state index in [1.807, 2.05) is 19.9 Å². The minimum atomic E-state index is -3.89. The van der Waals surface area contributed by atoms with Crippen molar-refractivity contribution >= 4 is 26.7 Å². The molecular weight excluding hydrogens is 408 g/mol. The molecule has 0 spiro atoms. The number of imidazole rings is 1. The molecule has 0 radical (unpaired) electrons. The number of ether oxygens (including phenoxy) is 1. The van der Waals surface area contributed by atoms with Gasteiger partial charge in [-0.2, -0.15) is 0 Å². The summed E-state index contributed by atoms with van der Waals surface area (Å²) in [5.74, 6) is 1.14. The highest BCUT2D eigenvalue weighted by Crippen LogP contribution is 2.40. The van der Waals surface area contributed by atoms with Gasteiger partial charge < -0.3 is 19.2 Å². The van der Waals surface area contributed by atoms with E-state index in [0.29, 0.717) is 28.2 Å². The molecule has 2 aromatic carbocycles. The number of aryl methyl sites for hydroxylation is 2. The summed E-state index contributed by atoms with van der Waals surface area (Å²) in [6.07, 6.45) is 0. The van der Waals surface area contributed by atoms with Gasteiger partial charge in [0.05, 0.1) is 33.9 Å². The molecule has 1 aliphatic rings. The lowest BCUT2D eigenvalue weighted by atomic mass is 10.0. The molecule has 0 bridgehead atoms. The Morgan fingerprint density at radius 1 is 1.07 bits per heavy atom. The lowest BCUT2D eigenvalue weighted by Crippen LogP contribution is -2.37. The maximum Gasteiger partial charge on any atom is 0.323 e. The Kier molecular flexibility index (Phi) is 4.00. The second kappa shape index (κ2) is 6.49. The quantitative estimate of drug-likeness (QED) is 0.520. The average molecular weight is 426 g/mol. The van der Waals surface area contributed by atoms with Gasteiger partial charge >= 0.3 is 5.69 Å². The number of hydrogen-bond donors (Lipinski definition) is 2. The van der Waals surface area contributed by atoms with Crippen LogP contribution >= 0.6 is 0 Å². The minimum Gasteiger partial charge on any atom is -0.489 e. The first-order valence-corrected chi connectivity index (χ1v) is 10.7. The lowest BCUT2D eigenvalue weighted by Gasteiger charge is -2.31. The van der Waals surface area contributed by atoms with Gasteiger partial charge in [0.15, 0.2) is 0 Å². The van der Waals surface area contributed by atoms with Crippen molar-refractivity contribution in [3.8, 4) is 16.9 Å². The zero-order valence-corrected chi connectivity index (χ0v) is 17.0. The summed E-state index contributed by atoms with van der Waals surface area (Å²) in [6, 6.07) is 9.89. The number of fused-ring (bicyclic) bond motifs is 2. The second-order valence-electron chi connectivity index (χ2n) is 7.09. The molecule has 0 unspecified atom stereocenters. The van der Waals surface area contributed by atoms with Crippen LogP contribution in [0.25, 0.3) is 22.2 Å². The Morgan fingerprint density at radius 3 is 2.63 bits per heavy atom. The van der Waals surface area contributed by atoms with Crippen LogP contribution in [0.2, 0.25) is 0 Å². The first-order chi connectivity index (χ1) is 14.3. The van der Waals surface area contributed by atoms with Gasteiger partial charge in [-0.1, -0.05) is 11.2 Å². The van der Waals surface area contributed by atoms with E-state index in [4.69, 9.17) is 9.26 Å². The van der Waals surface area contributed by atoms with Crippen molar-refractivity contribution < 1.29 is 17.7 Å². The average Bonchev–Trinajstić information content (AvgIpc) is 3.26. The van der Waals surface area contributed by atoms with Crippen molar-refractivity contribution in [1.29, 1.82) is 0 Å². The van der Waals surface area contributed by atoms with Crippen molar-refractivity contribution in [2.45, 2.75) is 18.7 Å². The molecule has 2 N–H and O–H groups in total. The lowest BCUT2D eigenvalue weighted by molar-refractivity contribution is 0.316. The van der Waals surface area contributed by atoms with Gasteiger partial charge in [-0.15, -0.1) is 0 Å². The van der Waals surface area contributed by atoms with Crippen molar-refractivity contribution in [1.82, 2.24) is 15.1 Å². The summed E-state index contributed by atoms with van der Waals surface area (Å²) in [4.78, 5) is 16.8. The molecule has 0 saturated carbocycles. The fourth-order valence-corrected chi connectivity index (χ4v) is 5.27. The molecule has 3 heterocycles. The van der Waals surface area contributed by atoms with E-state index in [1.54, 1.807) is 18.2 Å². The fourth-order valence-electron chi connectivity index (χ4n) is 3.79. The monoisotopic (exact) mass is 426 g/mol. The van der Waals surface area contributed by atoms with Crippen LogP contribution in [0.5, 0.6) is 5.75 Å². The number of hydrogen-bond acceptors (Lipinski definition) is 6. The summed E-state index contributed by atoms with van der Waals surface area (Å²) in [7, 11) is -3.89. The number of nitrogens with one attached hydrogen (secondary N) is 2. The molecule has 4 aromatic rings. The summed E-state index contributed by atoms with van der Waals surface area (Å²) < 4.78 is 39.2. The minimum absolute atomic E-state index is 0.0841. The van der Waals surface area contributed by atoms with E-state index >= 15 is 0 Å². The molecular formula is C20H18N4O5S. The van der Waals surface area contributed by atoms with E-state index < -0.39 is 10.0 Å². The van der Waals surface area contributed by atoms with Crippen LogP contribution in [0, 0.1) is 13.8 Å². The Labute approximate surface area is 171 Å². The van der Waals surface area contributed by atoms with Crippen LogP contribution in [0.4, 0.5) is 5.69 Å². The van der Waals surface area contributed by atoms with Gasteiger partial charge in [0.1, 0.15) is 18.1 Å². The van der Waals surface area contributed by atoms with Gasteiger partial charge in [-0.05, 0) is 49.7 Å². The number of aromatic nitrogens is 3. The van der Waals surface area contributed by atoms with Crippen molar-refractivity contribution in [3.63, 3.8) is 0 Å². The SMILES string of the molecule is Cc1noc(C)c1-c1ccc2c(c1)N(S(=O)(=O)c1ccc3[nH]c(=O)[nH]c3c1)CCO2. The van der Waals surface area contributed by atoms with E-state index in [1.165, 1.54) is 16.4 Å². The van der Waals surface area contributed by atoms with Crippen molar-refractivity contribution in [2.24, 2.45) is 0 Å². The highest BCUT2D eigenvalue weighted by Gasteiger charge is 2.31. The van der Waals surface area contributed by atoms with Gasteiger partial charge in [0.25, 0.3) is 10.0 Å². The largest absolute Gasteiger partial charge is 0.489 e. The van der Waals surface area contributed by atoms with Crippen LogP contribution in [-0.2, 0) is 10.0 Å². The van der Waals surface area contributed by atoms with Gasteiger partial charge in [-0.25, -0.2) is 13.2 Å². The first-order valence-electron chi connectivity index (χ1n) is 9.29. The summed E-state index contributed by atoms with van der Waals surface area (Å²) in [5.41, 5.74) is 3.37. The smallest absolute Gasteiger partial charge is 0.323 e. The van der Waals surface area contributed by atoms with Crippen LogP contribution in [0.3, 0.4) is 0 Å². The highest BCUT2D eigenvalue weighted by atomic mass is 32.2. The van der Waals surface area contributed by atoms with Crippen molar-refractivity contribution in [2.75, 3.05) is 17.5 Å². The van der Waals surface area contributed by atoms with E-state index in [9.17, 15) is 13.2 Å². The predicted octanol–water partition coefficient (Wildman–Crippen LogP) is 2.72. The molecule has 9 nitrogen and oxygen atoms in total. The Hall–Kier alpha value is -3.53. The molecule has 5 rings (SSSR count). The van der Waals surface area contributed by atoms with E-state index in [0.717, 1.165) is 16.8 Å². The van der Waals surface area contributed by atoms with Crippen molar-refractivity contribution in [3.05, 3.63) is 58.3 Å². The van der Waals surface area contributed by atoms with Crippen LogP contribution < -0.4 is 14.7 Å². The first kappa shape index (κ1) is 18.5. The van der Waals surface area contributed by atoms with Crippen LogP contribution in [-0.4, -0.2) is 36.7 Å². The third-order valence-electron chi connectivity index (χ3n) is 5.18. The Balaban J connectivity index is 1.63. The fraction of sp³-hybridized carbons (Fsp3) is 0.200. The van der Waals surface area contributed by atoms with Crippen LogP contribution in [0.15, 0.2) is 50.6 Å². The van der Waals surface area contributed by atoms with E-state index in [-0.39, 0.29) is 23.7 Å². The predicted molar refractivity (Wildman–Crippen MR) is 110 cm³/mol. The summed E-state index contributed by atoms with van der Waals surface area (Å²) in [5, 5.41) is 3.98. The molecule has 0 amide bonds. The number of rotatable bonds is 3. The molecule has 1 aliphatic heterocycles. The third kappa shape index (κ3) is 2.79. The molecule has 0 aliphatic carbocycles. The standard InChI is InChI=1S/C20H18N4O5S/c1-11-19(12(2)29-23-11)13-3-6-18-17(9-13)24(7-8-28-18)30(26,27)14-4-5-15-16(10-14)22-20(25)21-15/h3-6,9-10H,7-8H2,1-2H3,(H2,21,22,25). The molecule has 0 saturated heterocycles. The Bertz CT molecular complexity index is 1430. The van der Waals surface area contributed by atoms with Crippen LogP contribution in [0.1, 0.15) is 11.5 Å². The van der Waals surface area contributed by atoms with Gasteiger partial charge in [-0.3, -0.25) is 4.31 Å². The topological polar surface area (TPSA) is 121 Å². The number of benzene rings is 2. The number of nitrogens with zero attached hydrogens (tertiary/aromatic N) is 2. The number of sulfonamides is 1. The molecule has 154 valence electrons. The number of H-pyrrole nitrogens is 2. The highest BCUT2D eigenvalue weighted by molar-refractivity contribution is 7.92. The molecule has 0 fully saturated rings. The number of anilines is 1. The molecule has 30 heavy (non-hydrogen) atoms. The maximum absolute atomic E-state index is 13.5. The third-order valence-corrected chi connectivity index (χ3v) is 6.99. The van der Waals surface area contributed by atoms with Gasteiger partial charge in [0, 0.05) is 5.56 Å². The second-order valence-corrected chi connectivity index (χ2v) is 8.96. The molecule has 2 aromatic heterocycles. The van der Waals surface area contributed by atoms with Gasteiger partial charge in [0.2, 0.25) is 0 Å². The molecule has 10 heteroatoms. The zero-order chi connectivity index (χ0) is 21.0. The number of aromatic amines is 2. The normalized spacial score (nSPS) is 14.0. The maximum atomic E-state index is 13.5. The zero-order valence-electron chi connectivity index (χ0n) is 16.2.